The van der Waals surface area contributed by atoms with Crippen molar-refractivity contribution >= 4 is 21.8 Å². The lowest BCUT2D eigenvalue weighted by Crippen LogP contribution is -2.61. The molecule has 0 aliphatic heterocycles. The zero-order chi connectivity index (χ0) is 13.3. The molecule has 100 valence electrons. The van der Waals surface area contributed by atoms with Crippen molar-refractivity contribution in [2.75, 3.05) is 0 Å². The van der Waals surface area contributed by atoms with Gasteiger partial charge in [0.15, 0.2) is 0 Å². The predicted molar refractivity (Wildman–Crippen MR) is 72.8 cm³/mol. The fourth-order valence-electron chi connectivity index (χ4n) is 2.41. The van der Waals surface area contributed by atoms with Gasteiger partial charge in [-0.05, 0) is 48.5 Å². The zero-order valence-corrected chi connectivity index (χ0v) is 12.3. The number of halogens is 1. The van der Waals surface area contributed by atoms with E-state index in [0.29, 0.717) is 12.5 Å². The van der Waals surface area contributed by atoms with E-state index in [1.807, 2.05) is 20.0 Å². The second-order valence-corrected chi connectivity index (χ2v) is 6.18. The summed E-state index contributed by atoms with van der Waals surface area (Å²) >= 11 is 3.36. The SMILES string of the molecule is CC(C)NC(Cn1cc(Br)cn1)(C(N)=O)C1CC1. The minimum Gasteiger partial charge on any atom is -0.368 e. The van der Waals surface area contributed by atoms with Crippen LogP contribution < -0.4 is 11.1 Å². The first-order valence-electron chi connectivity index (χ1n) is 6.19. The normalized spacial score (nSPS) is 18.9. The fraction of sp³-hybridized carbons (Fsp3) is 0.667. The van der Waals surface area contributed by atoms with Crippen LogP contribution in [-0.2, 0) is 11.3 Å². The molecule has 0 radical (unpaired) electrons. The van der Waals surface area contributed by atoms with Gasteiger partial charge in [-0.15, -0.1) is 0 Å². The summed E-state index contributed by atoms with van der Waals surface area (Å²) in [5.41, 5.74) is 4.98. The second kappa shape index (κ2) is 5.01. The van der Waals surface area contributed by atoms with Gasteiger partial charge in [0.1, 0.15) is 5.54 Å². The second-order valence-electron chi connectivity index (χ2n) is 5.27. The smallest absolute Gasteiger partial charge is 0.239 e. The summed E-state index contributed by atoms with van der Waals surface area (Å²) in [4.78, 5) is 12.0. The number of aromatic nitrogens is 2. The van der Waals surface area contributed by atoms with Crippen molar-refractivity contribution in [3.8, 4) is 0 Å². The summed E-state index contributed by atoms with van der Waals surface area (Å²) in [5, 5.41) is 7.58. The third-order valence-electron chi connectivity index (χ3n) is 3.27. The van der Waals surface area contributed by atoms with Crippen LogP contribution in [0.25, 0.3) is 0 Å². The highest BCUT2D eigenvalue weighted by Crippen LogP contribution is 2.41. The monoisotopic (exact) mass is 314 g/mol. The van der Waals surface area contributed by atoms with Gasteiger partial charge in [0.2, 0.25) is 5.91 Å². The highest BCUT2D eigenvalue weighted by molar-refractivity contribution is 9.10. The summed E-state index contributed by atoms with van der Waals surface area (Å²) in [5.74, 6) is 0.0331. The van der Waals surface area contributed by atoms with E-state index in [0.717, 1.165) is 17.3 Å². The maximum atomic E-state index is 12.0. The van der Waals surface area contributed by atoms with E-state index in [4.69, 9.17) is 5.73 Å². The van der Waals surface area contributed by atoms with Crippen LogP contribution in [0.15, 0.2) is 16.9 Å². The van der Waals surface area contributed by atoms with Crippen molar-refractivity contribution < 1.29 is 4.79 Å². The number of nitrogens with two attached hydrogens (primary N) is 1. The van der Waals surface area contributed by atoms with Crippen LogP contribution in [0.1, 0.15) is 26.7 Å². The molecule has 1 amide bonds. The van der Waals surface area contributed by atoms with Crippen molar-refractivity contribution in [3.05, 3.63) is 16.9 Å². The number of carbonyl (C=O) groups excluding carboxylic acids is 1. The lowest BCUT2D eigenvalue weighted by molar-refractivity contribution is -0.126. The first-order valence-corrected chi connectivity index (χ1v) is 6.99. The first kappa shape index (κ1) is 13.5. The molecule has 3 N–H and O–H groups in total. The molecule has 0 aromatic carbocycles. The van der Waals surface area contributed by atoms with Crippen molar-refractivity contribution in [1.29, 1.82) is 0 Å². The number of rotatable bonds is 6. The van der Waals surface area contributed by atoms with Gasteiger partial charge in [0.25, 0.3) is 0 Å². The fourth-order valence-corrected chi connectivity index (χ4v) is 2.74. The van der Waals surface area contributed by atoms with Gasteiger partial charge in [0.05, 0.1) is 17.2 Å². The average Bonchev–Trinajstić information content (AvgIpc) is 3.02. The van der Waals surface area contributed by atoms with Gasteiger partial charge in [-0.1, -0.05) is 0 Å². The maximum absolute atomic E-state index is 12.0. The molecule has 2 rings (SSSR count). The van der Waals surface area contributed by atoms with Crippen molar-refractivity contribution in [3.63, 3.8) is 0 Å². The van der Waals surface area contributed by atoms with Gasteiger partial charge < -0.3 is 5.73 Å². The Kier molecular flexibility index (Phi) is 3.77. The number of hydrogen-bond donors (Lipinski definition) is 2. The molecule has 0 saturated heterocycles. The molecule has 1 fully saturated rings. The molecule has 1 heterocycles. The number of nitrogens with zero attached hydrogens (tertiary/aromatic N) is 2. The molecular formula is C12H19BrN4O. The molecule has 1 unspecified atom stereocenters. The number of carbonyl (C=O) groups is 1. The van der Waals surface area contributed by atoms with Crippen LogP contribution >= 0.6 is 15.9 Å². The molecule has 18 heavy (non-hydrogen) atoms. The van der Waals surface area contributed by atoms with Crippen LogP contribution in [0.5, 0.6) is 0 Å². The van der Waals surface area contributed by atoms with E-state index in [1.54, 1.807) is 10.9 Å². The molecule has 0 spiro atoms. The van der Waals surface area contributed by atoms with E-state index < -0.39 is 5.54 Å². The molecule has 1 aliphatic rings. The van der Waals surface area contributed by atoms with Gasteiger partial charge in [-0.3, -0.25) is 14.8 Å². The topological polar surface area (TPSA) is 72.9 Å². The largest absolute Gasteiger partial charge is 0.368 e. The van der Waals surface area contributed by atoms with Crippen LogP contribution in [0, 0.1) is 5.92 Å². The molecule has 1 aromatic heterocycles. The molecule has 1 aliphatic carbocycles. The van der Waals surface area contributed by atoms with E-state index >= 15 is 0 Å². The van der Waals surface area contributed by atoms with Gasteiger partial charge >= 0.3 is 0 Å². The van der Waals surface area contributed by atoms with Crippen LogP contribution in [-0.4, -0.2) is 27.3 Å². The number of hydrogen-bond acceptors (Lipinski definition) is 3. The van der Waals surface area contributed by atoms with E-state index in [-0.39, 0.29) is 11.9 Å². The Labute approximate surface area is 115 Å². The van der Waals surface area contributed by atoms with Crippen LogP contribution in [0.4, 0.5) is 0 Å². The Morgan fingerprint density at radius 2 is 2.39 bits per heavy atom. The quantitative estimate of drug-likeness (QED) is 0.830. The van der Waals surface area contributed by atoms with E-state index in [1.165, 1.54) is 0 Å². The van der Waals surface area contributed by atoms with Crippen molar-refractivity contribution in [2.24, 2.45) is 11.7 Å². The lowest BCUT2D eigenvalue weighted by Gasteiger charge is -2.34. The number of amides is 1. The highest BCUT2D eigenvalue weighted by atomic mass is 79.9. The lowest BCUT2D eigenvalue weighted by atomic mass is 9.91. The van der Waals surface area contributed by atoms with Crippen LogP contribution in [0.2, 0.25) is 0 Å². The molecule has 0 bridgehead atoms. The average molecular weight is 315 g/mol. The third kappa shape index (κ3) is 2.75. The zero-order valence-electron chi connectivity index (χ0n) is 10.7. The Hall–Kier alpha value is -0.880. The number of primary amides is 1. The molecule has 1 saturated carbocycles. The van der Waals surface area contributed by atoms with Crippen molar-refractivity contribution in [2.45, 2.75) is 44.8 Å². The Morgan fingerprint density at radius 1 is 1.72 bits per heavy atom. The van der Waals surface area contributed by atoms with E-state index in [2.05, 4.69) is 26.3 Å². The third-order valence-corrected chi connectivity index (χ3v) is 3.68. The minimum absolute atomic E-state index is 0.206. The Balaban J connectivity index is 2.25. The summed E-state index contributed by atoms with van der Waals surface area (Å²) < 4.78 is 2.67. The summed E-state index contributed by atoms with van der Waals surface area (Å²) in [6.45, 7) is 4.54. The highest BCUT2D eigenvalue weighted by Gasteiger charge is 2.50. The van der Waals surface area contributed by atoms with Crippen molar-refractivity contribution in [1.82, 2.24) is 15.1 Å². The summed E-state index contributed by atoms with van der Waals surface area (Å²) in [7, 11) is 0. The molecule has 1 aromatic rings. The Morgan fingerprint density at radius 3 is 2.78 bits per heavy atom. The summed E-state index contributed by atoms with van der Waals surface area (Å²) in [6, 6.07) is 0.206. The molecular weight excluding hydrogens is 296 g/mol. The maximum Gasteiger partial charge on any atom is 0.239 e. The first-order chi connectivity index (χ1) is 8.44. The molecule has 1 atom stereocenters. The minimum atomic E-state index is -0.681. The molecule has 6 heteroatoms. The predicted octanol–water partition coefficient (Wildman–Crippen LogP) is 1.28. The van der Waals surface area contributed by atoms with Gasteiger partial charge in [-0.25, -0.2) is 0 Å². The van der Waals surface area contributed by atoms with Gasteiger partial charge in [-0.2, -0.15) is 5.10 Å². The number of nitrogens with one attached hydrogen (secondary N) is 1. The summed E-state index contributed by atoms with van der Waals surface area (Å²) in [6.07, 6.45) is 5.67. The standard InChI is InChI=1S/C12H19BrN4O/c1-8(2)16-12(11(14)18,9-3-4-9)7-17-6-10(13)5-15-17/h5-6,8-9,16H,3-4,7H2,1-2H3,(H2,14,18). The van der Waals surface area contributed by atoms with Crippen LogP contribution in [0.3, 0.4) is 0 Å². The van der Waals surface area contributed by atoms with Gasteiger partial charge in [0, 0.05) is 12.2 Å². The Bertz CT molecular complexity index is 441. The van der Waals surface area contributed by atoms with E-state index in [9.17, 15) is 4.79 Å². The molecule has 5 nitrogen and oxygen atoms in total.